The van der Waals surface area contributed by atoms with Gasteiger partial charge in [-0.05, 0) is 6.92 Å². The Morgan fingerprint density at radius 1 is 1.39 bits per heavy atom. The lowest BCUT2D eigenvalue weighted by Crippen LogP contribution is -2.18. The molecule has 0 aliphatic rings. The van der Waals surface area contributed by atoms with Crippen molar-refractivity contribution in [1.82, 2.24) is 30.1 Å². The molecule has 0 saturated carbocycles. The summed E-state index contributed by atoms with van der Waals surface area (Å²) in [6, 6.07) is 0. The van der Waals surface area contributed by atoms with Crippen LogP contribution in [0.15, 0.2) is 12.4 Å². The lowest BCUT2D eigenvalue weighted by molar-refractivity contribution is 0.199. The van der Waals surface area contributed by atoms with E-state index in [1.165, 1.54) is 0 Å². The van der Waals surface area contributed by atoms with Crippen molar-refractivity contribution in [3.05, 3.63) is 23.8 Å². The van der Waals surface area contributed by atoms with E-state index in [2.05, 4.69) is 20.7 Å². The SMILES string of the molecule is COCCNCc1cn(-c2cn(C)nc2C)nn1. The fourth-order valence-corrected chi connectivity index (χ4v) is 1.70. The number of ether oxygens (including phenoxy) is 1. The second kappa shape index (κ2) is 5.74. The van der Waals surface area contributed by atoms with Crippen molar-refractivity contribution < 1.29 is 4.74 Å². The second-order valence-corrected chi connectivity index (χ2v) is 4.10. The first-order valence-corrected chi connectivity index (χ1v) is 5.82. The van der Waals surface area contributed by atoms with E-state index in [1.54, 1.807) is 16.5 Å². The molecular weight excluding hydrogens is 232 g/mol. The molecular formula is C11H18N6O. The van der Waals surface area contributed by atoms with Gasteiger partial charge in [-0.2, -0.15) is 5.10 Å². The highest BCUT2D eigenvalue weighted by Crippen LogP contribution is 2.10. The Hall–Kier alpha value is -1.73. The summed E-state index contributed by atoms with van der Waals surface area (Å²) in [5.41, 5.74) is 2.78. The van der Waals surface area contributed by atoms with Gasteiger partial charge in [-0.1, -0.05) is 5.21 Å². The molecule has 18 heavy (non-hydrogen) atoms. The smallest absolute Gasteiger partial charge is 0.107 e. The van der Waals surface area contributed by atoms with E-state index in [4.69, 9.17) is 4.74 Å². The third kappa shape index (κ3) is 2.93. The minimum Gasteiger partial charge on any atom is -0.383 e. The number of aryl methyl sites for hydroxylation is 2. The molecule has 0 aromatic carbocycles. The topological polar surface area (TPSA) is 69.8 Å². The standard InChI is InChI=1S/C11H18N6O/c1-9-11(8-16(2)14-9)17-7-10(13-15-17)6-12-4-5-18-3/h7-8,12H,4-6H2,1-3H3. The molecule has 0 unspecified atom stereocenters. The highest BCUT2D eigenvalue weighted by molar-refractivity contribution is 5.32. The first kappa shape index (κ1) is 12.7. The van der Waals surface area contributed by atoms with Gasteiger partial charge >= 0.3 is 0 Å². The quantitative estimate of drug-likeness (QED) is 0.733. The van der Waals surface area contributed by atoms with Gasteiger partial charge in [-0.25, -0.2) is 4.68 Å². The maximum atomic E-state index is 4.96. The Morgan fingerprint density at radius 2 is 2.22 bits per heavy atom. The molecule has 98 valence electrons. The van der Waals surface area contributed by atoms with Crippen molar-refractivity contribution in [1.29, 1.82) is 0 Å². The van der Waals surface area contributed by atoms with Crippen LogP contribution in [-0.2, 0) is 18.3 Å². The molecule has 7 heteroatoms. The summed E-state index contributed by atoms with van der Waals surface area (Å²) in [5.74, 6) is 0. The molecule has 0 aliphatic carbocycles. The first-order valence-electron chi connectivity index (χ1n) is 5.82. The summed E-state index contributed by atoms with van der Waals surface area (Å²) in [6.45, 7) is 4.13. The molecule has 0 radical (unpaired) electrons. The Balaban J connectivity index is 1.99. The van der Waals surface area contributed by atoms with Gasteiger partial charge in [0, 0.05) is 27.2 Å². The Bertz CT molecular complexity index is 503. The van der Waals surface area contributed by atoms with Gasteiger partial charge in [0.15, 0.2) is 0 Å². The third-order valence-corrected chi connectivity index (χ3v) is 2.56. The van der Waals surface area contributed by atoms with Crippen LogP contribution in [0.3, 0.4) is 0 Å². The molecule has 2 rings (SSSR count). The zero-order valence-corrected chi connectivity index (χ0v) is 10.9. The van der Waals surface area contributed by atoms with Crippen molar-refractivity contribution in [3.8, 4) is 5.69 Å². The molecule has 0 atom stereocenters. The average molecular weight is 250 g/mol. The first-order chi connectivity index (χ1) is 8.70. The van der Waals surface area contributed by atoms with Crippen molar-refractivity contribution in [2.75, 3.05) is 20.3 Å². The van der Waals surface area contributed by atoms with Gasteiger partial charge in [0.2, 0.25) is 0 Å². The second-order valence-electron chi connectivity index (χ2n) is 4.10. The number of methoxy groups -OCH3 is 1. The van der Waals surface area contributed by atoms with Crippen molar-refractivity contribution in [3.63, 3.8) is 0 Å². The molecule has 0 saturated heterocycles. The summed E-state index contributed by atoms with van der Waals surface area (Å²) >= 11 is 0. The van der Waals surface area contributed by atoms with Gasteiger partial charge in [0.05, 0.1) is 30.4 Å². The highest BCUT2D eigenvalue weighted by Gasteiger charge is 2.08. The van der Waals surface area contributed by atoms with Crippen LogP contribution in [0.25, 0.3) is 5.69 Å². The zero-order valence-electron chi connectivity index (χ0n) is 10.9. The number of nitrogens with zero attached hydrogens (tertiary/aromatic N) is 5. The van der Waals surface area contributed by atoms with Crippen LogP contribution in [0.4, 0.5) is 0 Å². The van der Waals surface area contributed by atoms with Crippen LogP contribution in [0.5, 0.6) is 0 Å². The van der Waals surface area contributed by atoms with Crippen molar-refractivity contribution in [2.45, 2.75) is 13.5 Å². The third-order valence-electron chi connectivity index (χ3n) is 2.56. The number of aromatic nitrogens is 5. The van der Waals surface area contributed by atoms with Gasteiger partial charge in [0.1, 0.15) is 5.69 Å². The van der Waals surface area contributed by atoms with Crippen molar-refractivity contribution in [2.24, 2.45) is 7.05 Å². The number of hydrogen-bond donors (Lipinski definition) is 1. The summed E-state index contributed by atoms with van der Waals surface area (Å²) in [5, 5.41) is 15.7. The van der Waals surface area contributed by atoms with Crippen LogP contribution in [-0.4, -0.2) is 45.0 Å². The average Bonchev–Trinajstić information content (AvgIpc) is 2.91. The fraction of sp³-hybridized carbons (Fsp3) is 0.545. The van der Waals surface area contributed by atoms with Crippen LogP contribution >= 0.6 is 0 Å². The van der Waals surface area contributed by atoms with Gasteiger partial charge in [-0.15, -0.1) is 5.10 Å². The Morgan fingerprint density at radius 3 is 2.89 bits per heavy atom. The molecule has 0 bridgehead atoms. The lowest BCUT2D eigenvalue weighted by atomic mass is 10.4. The van der Waals surface area contributed by atoms with E-state index in [0.29, 0.717) is 13.2 Å². The van der Waals surface area contributed by atoms with E-state index in [1.807, 2.05) is 26.4 Å². The monoisotopic (exact) mass is 250 g/mol. The summed E-state index contributed by atoms with van der Waals surface area (Å²) < 4.78 is 8.47. The largest absolute Gasteiger partial charge is 0.383 e. The lowest BCUT2D eigenvalue weighted by Gasteiger charge is -1.99. The molecule has 0 aliphatic heterocycles. The van der Waals surface area contributed by atoms with E-state index in [0.717, 1.165) is 23.6 Å². The predicted molar refractivity (Wildman–Crippen MR) is 66.4 cm³/mol. The molecule has 7 nitrogen and oxygen atoms in total. The van der Waals surface area contributed by atoms with E-state index >= 15 is 0 Å². The van der Waals surface area contributed by atoms with E-state index in [9.17, 15) is 0 Å². The highest BCUT2D eigenvalue weighted by atomic mass is 16.5. The van der Waals surface area contributed by atoms with Crippen LogP contribution < -0.4 is 5.32 Å². The van der Waals surface area contributed by atoms with E-state index in [-0.39, 0.29) is 0 Å². The van der Waals surface area contributed by atoms with Crippen molar-refractivity contribution >= 4 is 0 Å². The maximum Gasteiger partial charge on any atom is 0.107 e. The molecule has 0 fully saturated rings. The fourth-order valence-electron chi connectivity index (χ4n) is 1.70. The van der Waals surface area contributed by atoms with Crippen LogP contribution in [0.1, 0.15) is 11.4 Å². The van der Waals surface area contributed by atoms with Gasteiger partial charge < -0.3 is 10.1 Å². The Kier molecular flexibility index (Phi) is 4.06. The molecule has 1 N–H and O–H groups in total. The molecule has 2 aromatic rings. The summed E-state index contributed by atoms with van der Waals surface area (Å²) in [6.07, 6.45) is 3.83. The minimum atomic E-state index is 0.683. The minimum absolute atomic E-state index is 0.683. The van der Waals surface area contributed by atoms with Crippen LogP contribution in [0, 0.1) is 6.92 Å². The predicted octanol–water partition coefficient (Wildman–Crippen LogP) is 0.0452. The summed E-state index contributed by atoms with van der Waals surface area (Å²) in [4.78, 5) is 0. The normalized spacial score (nSPS) is 11.1. The Labute approximate surface area is 106 Å². The van der Waals surface area contributed by atoms with Gasteiger partial charge in [0.25, 0.3) is 0 Å². The molecule has 2 aromatic heterocycles. The molecule has 0 amide bonds. The number of hydrogen-bond acceptors (Lipinski definition) is 5. The van der Waals surface area contributed by atoms with Crippen LogP contribution in [0.2, 0.25) is 0 Å². The zero-order chi connectivity index (χ0) is 13.0. The summed E-state index contributed by atoms with van der Waals surface area (Å²) in [7, 11) is 3.57. The molecule has 2 heterocycles. The number of nitrogens with one attached hydrogen (secondary N) is 1. The molecule has 0 spiro atoms. The van der Waals surface area contributed by atoms with Gasteiger partial charge in [-0.3, -0.25) is 4.68 Å². The number of rotatable bonds is 6. The van der Waals surface area contributed by atoms with E-state index < -0.39 is 0 Å². The maximum absolute atomic E-state index is 4.96.